The molecule has 0 saturated heterocycles. The molecule has 0 unspecified atom stereocenters. The van der Waals surface area contributed by atoms with Crippen LogP contribution in [0.4, 0.5) is 10.8 Å². The SMILES string of the molecule is O=C(O)[C@H]1CC=CC[C@H]1C(=O)Nc1ccc(S(=O)(=O)Nc2nccs2)cc1. The number of aromatic nitrogens is 1. The summed E-state index contributed by atoms with van der Waals surface area (Å²) < 4.78 is 27.0. The number of hydrogen-bond donors (Lipinski definition) is 3. The van der Waals surface area contributed by atoms with E-state index >= 15 is 0 Å². The fourth-order valence-electron chi connectivity index (χ4n) is 2.78. The predicted octanol–water partition coefficient (Wildman–Crippen LogP) is 2.55. The molecule has 1 aliphatic carbocycles. The van der Waals surface area contributed by atoms with Gasteiger partial charge in [0.25, 0.3) is 10.0 Å². The van der Waals surface area contributed by atoms with Crippen molar-refractivity contribution in [2.24, 2.45) is 11.8 Å². The predicted molar refractivity (Wildman–Crippen MR) is 101 cm³/mol. The maximum absolute atomic E-state index is 12.4. The molecule has 2 aromatic rings. The summed E-state index contributed by atoms with van der Waals surface area (Å²) in [4.78, 5) is 27.6. The molecule has 3 rings (SSSR count). The molecule has 10 heteroatoms. The van der Waals surface area contributed by atoms with Crippen molar-refractivity contribution in [3.8, 4) is 0 Å². The Morgan fingerprint density at radius 2 is 1.78 bits per heavy atom. The third kappa shape index (κ3) is 4.52. The molecule has 0 fully saturated rings. The van der Waals surface area contributed by atoms with Crippen LogP contribution >= 0.6 is 11.3 Å². The van der Waals surface area contributed by atoms with Gasteiger partial charge >= 0.3 is 5.97 Å². The molecule has 0 spiro atoms. The zero-order chi connectivity index (χ0) is 19.4. The number of carboxylic acid groups (broad SMARTS) is 1. The first-order valence-electron chi connectivity index (χ1n) is 8.08. The van der Waals surface area contributed by atoms with Crippen LogP contribution < -0.4 is 10.0 Å². The second-order valence-corrected chi connectivity index (χ2v) is 8.53. The van der Waals surface area contributed by atoms with Crippen LogP contribution in [0.1, 0.15) is 12.8 Å². The Morgan fingerprint density at radius 1 is 1.11 bits per heavy atom. The van der Waals surface area contributed by atoms with Crippen molar-refractivity contribution in [2.45, 2.75) is 17.7 Å². The van der Waals surface area contributed by atoms with E-state index in [1.165, 1.54) is 30.5 Å². The molecule has 0 saturated carbocycles. The van der Waals surface area contributed by atoms with Crippen LogP contribution in [-0.4, -0.2) is 30.4 Å². The Balaban J connectivity index is 1.69. The minimum Gasteiger partial charge on any atom is -0.481 e. The lowest BCUT2D eigenvalue weighted by atomic mass is 9.82. The zero-order valence-electron chi connectivity index (χ0n) is 14.0. The van der Waals surface area contributed by atoms with E-state index in [0.29, 0.717) is 18.5 Å². The van der Waals surface area contributed by atoms with Gasteiger partial charge in [-0.3, -0.25) is 14.3 Å². The number of hydrogen-bond acceptors (Lipinski definition) is 6. The van der Waals surface area contributed by atoms with Gasteiger partial charge in [-0.05, 0) is 37.1 Å². The Labute approximate surface area is 160 Å². The topological polar surface area (TPSA) is 125 Å². The maximum atomic E-state index is 12.4. The molecule has 1 aliphatic rings. The standard InChI is InChI=1S/C17H17N3O5S2/c21-15(13-3-1-2-4-14(13)16(22)23)19-11-5-7-12(8-6-11)27(24,25)20-17-18-9-10-26-17/h1-2,5-10,13-14H,3-4H2,(H,18,20)(H,19,21)(H,22,23)/t13-,14+/m1/s1. The van der Waals surface area contributed by atoms with E-state index in [9.17, 15) is 23.1 Å². The largest absolute Gasteiger partial charge is 0.481 e. The molecule has 1 heterocycles. The van der Waals surface area contributed by atoms with Crippen molar-refractivity contribution in [1.29, 1.82) is 0 Å². The molecule has 1 amide bonds. The maximum Gasteiger partial charge on any atom is 0.307 e. The zero-order valence-corrected chi connectivity index (χ0v) is 15.7. The van der Waals surface area contributed by atoms with Crippen molar-refractivity contribution in [1.82, 2.24) is 4.98 Å². The third-order valence-electron chi connectivity index (χ3n) is 4.17. The number of rotatable bonds is 6. The second-order valence-electron chi connectivity index (χ2n) is 5.95. The highest BCUT2D eigenvalue weighted by Crippen LogP contribution is 2.27. The van der Waals surface area contributed by atoms with Crippen molar-refractivity contribution in [2.75, 3.05) is 10.0 Å². The van der Waals surface area contributed by atoms with Crippen LogP contribution in [0.25, 0.3) is 0 Å². The summed E-state index contributed by atoms with van der Waals surface area (Å²) in [5.41, 5.74) is 0.395. The van der Waals surface area contributed by atoms with Gasteiger partial charge in [0.05, 0.1) is 16.7 Å². The van der Waals surface area contributed by atoms with Crippen LogP contribution in [0.15, 0.2) is 52.9 Å². The molecule has 2 atom stereocenters. The minimum absolute atomic E-state index is 0.0275. The summed E-state index contributed by atoms with van der Waals surface area (Å²) in [6.07, 6.45) is 5.72. The van der Waals surface area contributed by atoms with Crippen LogP contribution in [0.2, 0.25) is 0 Å². The normalized spacial score (nSPS) is 19.4. The fourth-order valence-corrected chi connectivity index (χ4v) is 4.57. The Morgan fingerprint density at radius 3 is 2.37 bits per heavy atom. The van der Waals surface area contributed by atoms with Gasteiger partial charge in [-0.2, -0.15) is 0 Å². The summed E-state index contributed by atoms with van der Waals surface area (Å²) in [6, 6.07) is 5.65. The van der Waals surface area contributed by atoms with Crippen molar-refractivity contribution in [3.05, 3.63) is 48.0 Å². The van der Waals surface area contributed by atoms with Gasteiger partial charge in [0.1, 0.15) is 0 Å². The summed E-state index contributed by atoms with van der Waals surface area (Å²) in [5.74, 6) is -2.84. The average molecular weight is 407 g/mol. The molecule has 27 heavy (non-hydrogen) atoms. The van der Waals surface area contributed by atoms with Crippen LogP contribution in [0, 0.1) is 11.8 Å². The molecule has 0 aliphatic heterocycles. The summed E-state index contributed by atoms with van der Waals surface area (Å²) in [6.45, 7) is 0. The number of sulfonamides is 1. The first-order valence-corrected chi connectivity index (χ1v) is 10.4. The van der Waals surface area contributed by atoms with E-state index in [4.69, 9.17) is 0 Å². The number of anilines is 2. The van der Waals surface area contributed by atoms with E-state index in [-0.39, 0.29) is 10.0 Å². The van der Waals surface area contributed by atoms with Crippen LogP contribution in [-0.2, 0) is 19.6 Å². The lowest BCUT2D eigenvalue weighted by molar-refractivity contribution is -0.146. The molecule has 1 aromatic heterocycles. The first kappa shape index (κ1) is 19.1. The minimum atomic E-state index is -3.77. The summed E-state index contributed by atoms with van der Waals surface area (Å²) in [5, 5.41) is 13.8. The van der Waals surface area contributed by atoms with E-state index in [1.807, 2.05) is 0 Å². The smallest absolute Gasteiger partial charge is 0.307 e. The number of amides is 1. The van der Waals surface area contributed by atoms with Crippen LogP contribution in [0.3, 0.4) is 0 Å². The molecule has 142 valence electrons. The summed E-state index contributed by atoms with van der Waals surface area (Å²) in [7, 11) is -3.77. The highest BCUT2D eigenvalue weighted by atomic mass is 32.2. The molecule has 8 nitrogen and oxygen atoms in total. The van der Waals surface area contributed by atoms with E-state index in [1.54, 1.807) is 17.5 Å². The van der Waals surface area contributed by atoms with Gasteiger partial charge in [-0.15, -0.1) is 11.3 Å². The lowest BCUT2D eigenvalue weighted by Gasteiger charge is -2.24. The number of nitrogens with one attached hydrogen (secondary N) is 2. The number of aliphatic carboxylic acids is 1. The Kier molecular flexibility index (Phi) is 5.57. The number of nitrogens with zero attached hydrogens (tertiary/aromatic N) is 1. The van der Waals surface area contributed by atoms with Gasteiger partial charge in [0, 0.05) is 17.3 Å². The Bertz CT molecular complexity index is 953. The number of benzene rings is 1. The van der Waals surface area contributed by atoms with Gasteiger partial charge in [-0.25, -0.2) is 13.4 Å². The van der Waals surface area contributed by atoms with Gasteiger partial charge in [-0.1, -0.05) is 12.2 Å². The van der Waals surface area contributed by atoms with Crippen molar-refractivity contribution < 1.29 is 23.1 Å². The number of carboxylic acids is 1. The number of carbonyl (C=O) groups is 2. The van der Waals surface area contributed by atoms with E-state index in [0.717, 1.165) is 11.3 Å². The quantitative estimate of drug-likeness (QED) is 0.632. The number of carbonyl (C=O) groups excluding carboxylic acids is 1. The first-order chi connectivity index (χ1) is 12.9. The Hall–Kier alpha value is -2.72. The van der Waals surface area contributed by atoms with E-state index in [2.05, 4.69) is 15.0 Å². The highest BCUT2D eigenvalue weighted by molar-refractivity contribution is 7.93. The fraction of sp³-hybridized carbons (Fsp3) is 0.235. The highest BCUT2D eigenvalue weighted by Gasteiger charge is 2.33. The summed E-state index contributed by atoms with van der Waals surface area (Å²) >= 11 is 1.16. The van der Waals surface area contributed by atoms with Crippen molar-refractivity contribution in [3.63, 3.8) is 0 Å². The monoisotopic (exact) mass is 407 g/mol. The molecule has 0 bridgehead atoms. The molecule has 3 N–H and O–H groups in total. The van der Waals surface area contributed by atoms with Crippen LogP contribution in [0.5, 0.6) is 0 Å². The van der Waals surface area contributed by atoms with Crippen molar-refractivity contribution >= 4 is 44.1 Å². The second kappa shape index (κ2) is 7.89. The van der Waals surface area contributed by atoms with Gasteiger partial charge in [0.2, 0.25) is 5.91 Å². The average Bonchev–Trinajstić information content (AvgIpc) is 3.14. The molecular weight excluding hydrogens is 390 g/mol. The van der Waals surface area contributed by atoms with Gasteiger partial charge < -0.3 is 10.4 Å². The lowest BCUT2D eigenvalue weighted by Crippen LogP contribution is -2.34. The molecule has 1 aromatic carbocycles. The molecule has 0 radical (unpaired) electrons. The van der Waals surface area contributed by atoms with E-state index < -0.39 is 33.7 Å². The third-order valence-corrected chi connectivity index (χ3v) is 6.35. The number of thiazole rings is 1. The van der Waals surface area contributed by atoms with Gasteiger partial charge in [0.15, 0.2) is 5.13 Å². The molecular formula is C17H17N3O5S2. The number of allylic oxidation sites excluding steroid dienone is 2.